The van der Waals surface area contributed by atoms with Crippen LogP contribution in [0.3, 0.4) is 0 Å². The second-order valence-electron chi connectivity index (χ2n) is 11.4. The molecule has 0 bridgehead atoms. The highest BCUT2D eigenvalue weighted by Gasteiger charge is 2.32. The van der Waals surface area contributed by atoms with Crippen LogP contribution in [-0.4, -0.2) is 50.0 Å². The Labute approximate surface area is 255 Å². The van der Waals surface area contributed by atoms with Crippen LogP contribution >= 0.6 is 0 Å². The summed E-state index contributed by atoms with van der Waals surface area (Å²) in [4.78, 5) is 29.5. The molecule has 1 fully saturated rings. The summed E-state index contributed by atoms with van der Waals surface area (Å²) in [5.74, 6) is -1.09. The van der Waals surface area contributed by atoms with Crippen molar-refractivity contribution in [2.24, 2.45) is 0 Å². The minimum absolute atomic E-state index is 0.00562. The number of sulfonamides is 1. The van der Waals surface area contributed by atoms with E-state index in [0.717, 1.165) is 59.4 Å². The van der Waals surface area contributed by atoms with Crippen LogP contribution < -0.4 is 9.62 Å². The molecule has 43 heavy (non-hydrogen) atoms. The molecule has 0 heterocycles. The standard InChI is InChI=1S/C34H42FN3O4S/c1-26-19-21-28(22-20-26)25-37(33(39)18-11-23-38(43(2,41)42)31-17-10-9-16-30(31)35)32(24-27-12-5-3-6-13-27)34(40)36-29-14-7-4-8-15-29/h3,5-6,9-10,12-13,16-17,19-22,29,32H,4,7-8,11,14-15,18,23-25H2,1-2H3,(H,36,40). The van der Waals surface area contributed by atoms with Gasteiger partial charge in [0.1, 0.15) is 11.9 Å². The topological polar surface area (TPSA) is 86.8 Å². The van der Waals surface area contributed by atoms with Crippen molar-refractivity contribution in [3.8, 4) is 0 Å². The first-order valence-corrected chi connectivity index (χ1v) is 16.9. The second-order valence-corrected chi connectivity index (χ2v) is 13.4. The molecule has 9 heteroatoms. The van der Waals surface area contributed by atoms with Gasteiger partial charge in [-0.15, -0.1) is 0 Å². The van der Waals surface area contributed by atoms with Crippen molar-refractivity contribution in [2.45, 2.75) is 76.9 Å². The molecule has 1 saturated carbocycles. The third-order valence-corrected chi connectivity index (χ3v) is 9.15. The monoisotopic (exact) mass is 607 g/mol. The van der Waals surface area contributed by atoms with Crippen molar-refractivity contribution >= 4 is 27.5 Å². The fraction of sp³-hybridized carbons (Fsp3) is 0.412. The van der Waals surface area contributed by atoms with E-state index in [2.05, 4.69) is 5.32 Å². The first-order valence-electron chi connectivity index (χ1n) is 15.0. The lowest BCUT2D eigenvalue weighted by molar-refractivity contribution is -0.141. The molecule has 4 rings (SSSR count). The number of nitrogens with one attached hydrogen (secondary N) is 1. The number of nitrogens with zero attached hydrogens (tertiary/aromatic N) is 2. The first-order chi connectivity index (χ1) is 20.6. The van der Waals surface area contributed by atoms with Crippen molar-refractivity contribution in [3.05, 3.63) is 101 Å². The number of hydrogen-bond acceptors (Lipinski definition) is 4. The van der Waals surface area contributed by atoms with Gasteiger partial charge in [-0.3, -0.25) is 13.9 Å². The molecule has 0 radical (unpaired) electrons. The molecule has 2 amide bonds. The first kappa shape index (κ1) is 32.2. The molecule has 0 aliphatic heterocycles. The summed E-state index contributed by atoms with van der Waals surface area (Å²) >= 11 is 0. The molecule has 7 nitrogen and oxygen atoms in total. The van der Waals surface area contributed by atoms with E-state index < -0.39 is 21.9 Å². The van der Waals surface area contributed by atoms with Gasteiger partial charge >= 0.3 is 0 Å². The van der Waals surface area contributed by atoms with E-state index in [1.807, 2.05) is 61.5 Å². The number of anilines is 1. The van der Waals surface area contributed by atoms with Gasteiger partial charge in [0.15, 0.2) is 0 Å². The van der Waals surface area contributed by atoms with Crippen LogP contribution in [0.2, 0.25) is 0 Å². The van der Waals surface area contributed by atoms with Crippen molar-refractivity contribution < 1.29 is 22.4 Å². The predicted octanol–water partition coefficient (Wildman–Crippen LogP) is 5.77. The van der Waals surface area contributed by atoms with E-state index in [1.165, 1.54) is 18.2 Å². The summed E-state index contributed by atoms with van der Waals surface area (Å²) in [6.07, 6.45) is 6.67. The van der Waals surface area contributed by atoms with Gasteiger partial charge in [-0.25, -0.2) is 12.8 Å². The molecular weight excluding hydrogens is 565 g/mol. The van der Waals surface area contributed by atoms with Crippen LogP contribution in [0, 0.1) is 12.7 Å². The molecule has 1 aliphatic rings. The number of rotatable bonds is 13. The van der Waals surface area contributed by atoms with Crippen LogP contribution in [-0.2, 0) is 32.6 Å². The average molecular weight is 608 g/mol. The lowest BCUT2D eigenvalue weighted by atomic mass is 9.94. The largest absolute Gasteiger partial charge is 0.352 e. The number of aryl methyl sites for hydroxylation is 1. The van der Waals surface area contributed by atoms with Gasteiger partial charge in [0.25, 0.3) is 0 Å². The highest BCUT2D eigenvalue weighted by atomic mass is 32.2. The Morgan fingerprint density at radius 2 is 1.56 bits per heavy atom. The highest BCUT2D eigenvalue weighted by Crippen LogP contribution is 2.23. The summed E-state index contributed by atoms with van der Waals surface area (Å²) in [7, 11) is -3.79. The van der Waals surface area contributed by atoms with Crippen molar-refractivity contribution in [1.29, 1.82) is 0 Å². The molecule has 0 saturated heterocycles. The molecule has 1 unspecified atom stereocenters. The molecular formula is C34H42FN3O4S. The molecule has 1 N–H and O–H groups in total. The normalized spacial score (nSPS) is 14.6. The zero-order chi connectivity index (χ0) is 30.8. The van der Waals surface area contributed by atoms with Crippen molar-refractivity contribution in [1.82, 2.24) is 10.2 Å². The number of halogens is 1. The van der Waals surface area contributed by atoms with Gasteiger partial charge in [0.05, 0.1) is 11.9 Å². The Kier molecular flexibility index (Phi) is 11.3. The summed E-state index contributed by atoms with van der Waals surface area (Å²) in [5, 5.41) is 3.23. The maximum atomic E-state index is 14.5. The molecule has 230 valence electrons. The molecule has 3 aromatic carbocycles. The summed E-state index contributed by atoms with van der Waals surface area (Å²) in [6, 6.07) is 22.5. The maximum Gasteiger partial charge on any atom is 0.243 e. The van der Waals surface area contributed by atoms with Crippen LogP contribution in [0.1, 0.15) is 61.6 Å². The van der Waals surface area contributed by atoms with Crippen LogP contribution in [0.25, 0.3) is 0 Å². The predicted molar refractivity (Wildman–Crippen MR) is 169 cm³/mol. The van der Waals surface area contributed by atoms with E-state index in [-0.39, 0.29) is 49.5 Å². The second kappa shape index (κ2) is 15.1. The van der Waals surface area contributed by atoms with E-state index in [1.54, 1.807) is 11.0 Å². The van der Waals surface area contributed by atoms with Crippen LogP contribution in [0.5, 0.6) is 0 Å². The minimum Gasteiger partial charge on any atom is -0.352 e. The minimum atomic E-state index is -3.79. The fourth-order valence-corrected chi connectivity index (χ4v) is 6.59. The average Bonchev–Trinajstić information content (AvgIpc) is 2.99. The van der Waals surface area contributed by atoms with E-state index in [4.69, 9.17) is 0 Å². The third-order valence-electron chi connectivity index (χ3n) is 7.97. The molecule has 3 aromatic rings. The summed E-state index contributed by atoms with van der Waals surface area (Å²) in [5.41, 5.74) is 2.87. The van der Waals surface area contributed by atoms with Gasteiger partial charge in [-0.2, -0.15) is 0 Å². The molecule has 0 spiro atoms. The van der Waals surface area contributed by atoms with Crippen LogP contribution in [0.4, 0.5) is 10.1 Å². The quantitative estimate of drug-likeness (QED) is 0.267. The van der Waals surface area contributed by atoms with E-state index >= 15 is 0 Å². The van der Waals surface area contributed by atoms with Gasteiger partial charge in [0.2, 0.25) is 21.8 Å². The van der Waals surface area contributed by atoms with Crippen molar-refractivity contribution in [3.63, 3.8) is 0 Å². The fourth-order valence-electron chi connectivity index (χ4n) is 5.62. The van der Waals surface area contributed by atoms with Gasteiger partial charge < -0.3 is 10.2 Å². The highest BCUT2D eigenvalue weighted by molar-refractivity contribution is 7.92. The van der Waals surface area contributed by atoms with E-state index in [9.17, 15) is 22.4 Å². The van der Waals surface area contributed by atoms with Gasteiger partial charge in [0, 0.05) is 32.0 Å². The molecule has 0 aromatic heterocycles. The number of para-hydroxylation sites is 1. The lowest BCUT2D eigenvalue weighted by Gasteiger charge is -2.34. The number of carbonyl (C=O) groups excluding carboxylic acids is 2. The Morgan fingerprint density at radius 3 is 2.21 bits per heavy atom. The number of carbonyl (C=O) groups is 2. The summed E-state index contributed by atoms with van der Waals surface area (Å²) < 4.78 is 40.6. The third kappa shape index (κ3) is 9.38. The van der Waals surface area contributed by atoms with Crippen LogP contribution in [0.15, 0.2) is 78.9 Å². The number of hydrogen-bond donors (Lipinski definition) is 1. The maximum absolute atomic E-state index is 14.5. The zero-order valence-electron chi connectivity index (χ0n) is 25.0. The van der Waals surface area contributed by atoms with E-state index in [0.29, 0.717) is 6.42 Å². The SMILES string of the molecule is Cc1ccc(CN(C(=O)CCCN(c2ccccc2F)S(C)(=O)=O)C(Cc2ccccc2)C(=O)NC2CCCCC2)cc1. The number of benzene rings is 3. The Morgan fingerprint density at radius 1 is 0.907 bits per heavy atom. The van der Waals surface area contributed by atoms with Gasteiger partial charge in [-0.05, 0) is 49.4 Å². The van der Waals surface area contributed by atoms with Gasteiger partial charge in [-0.1, -0.05) is 91.6 Å². The lowest BCUT2D eigenvalue weighted by Crippen LogP contribution is -2.52. The summed E-state index contributed by atoms with van der Waals surface area (Å²) in [6.45, 7) is 2.16. The Bertz CT molecular complexity index is 1460. The molecule has 1 aliphatic carbocycles. The zero-order valence-corrected chi connectivity index (χ0v) is 25.9. The Hall–Kier alpha value is -3.72. The smallest absolute Gasteiger partial charge is 0.243 e. The number of amides is 2. The Balaban J connectivity index is 1.59. The van der Waals surface area contributed by atoms with Crippen molar-refractivity contribution in [2.75, 3.05) is 17.1 Å². The molecule has 1 atom stereocenters.